The second-order valence-electron chi connectivity index (χ2n) is 3.90. The van der Waals surface area contributed by atoms with E-state index in [0.29, 0.717) is 11.6 Å². The fourth-order valence-electron chi connectivity index (χ4n) is 1.55. The minimum Gasteiger partial charge on any atom is -0.480 e. The van der Waals surface area contributed by atoms with Crippen LogP contribution in [0.3, 0.4) is 0 Å². The normalized spacial score (nSPS) is 9.90. The Bertz CT molecular complexity index is 590. The lowest BCUT2D eigenvalue weighted by Gasteiger charge is -2.10. The maximum absolute atomic E-state index is 11.7. The summed E-state index contributed by atoms with van der Waals surface area (Å²) in [6, 6.07) is 11.2. The van der Waals surface area contributed by atoms with E-state index in [4.69, 9.17) is 9.47 Å². The molecule has 0 spiro atoms. The number of nitrogens with one attached hydrogen (secondary N) is 1. The Kier molecular flexibility index (Phi) is 5.16. The maximum Gasteiger partial charge on any atom is 0.412 e. The molecule has 0 aliphatic carbocycles. The average Bonchev–Trinajstić information content (AvgIpc) is 2.46. The summed E-state index contributed by atoms with van der Waals surface area (Å²) in [6.45, 7) is 0.215. The third-order valence-corrected chi connectivity index (χ3v) is 3.05. The molecule has 1 amide bonds. The van der Waals surface area contributed by atoms with E-state index in [9.17, 15) is 4.79 Å². The van der Waals surface area contributed by atoms with Gasteiger partial charge in [-0.1, -0.05) is 30.3 Å². The topological polar surface area (TPSA) is 60.5 Å². The fraction of sp³-hybridized carbons (Fsp3) is 0.143. The van der Waals surface area contributed by atoms with Crippen molar-refractivity contribution in [3.63, 3.8) is 0 Å². The smallest absolute Gasteiger partial charge is 0.412 e. The van der Waals surface area contributed by atoms with Gasteiger partial charge < -0.3 is 9.47 Å². The molecule has 1 aromatic carbocycles. The number of aromatic nitrogens is 1. The predicted octanol–water partition coefficient (Wildman–Crippen LogP) is 3.44. The lowest BCUT2D eigenvalue weighted by molar-refractivity contribution is 0.155. The molecule has 0 bridgehead atoms. The van der Waals surface area contributed by atoms with E-state index in [2.05, 4.69) is 32.9 Å². The molecule has 20 heavy (non-hydrogen) atoms. The number of rotatable bonds is 4. The highest BCUT2D eigenvalue weighted by atomic mass is 127. The first kappa shape index (κ1) is 14.6. The summed E-state index contributed by atoms with van der Waals surface area (Å²) in [7, 11) is 1.50. The van der Waals surface area contributed by atoms with E-state index in [1.807, 2.05) is 30.3 Å². The van der Waals surface area contributed by atoms with Crippen LogP contribution in [-0.4, -0.2) is 18.2 Å². The van der Waals surface area contributed by atoms with Gasteiger partial charge in [-0.05, 0) is 34.2 Å². The molecule has 0 saturated carbocycles. The fourth-order valence-corrected chi connectivity index (χ4v) is 2.00. The molecule has 1 heterocycles. The Morgan fingerprint density at radius 2 is 2.10 bits per heavy atom. The maximum atomic E-state index is 11.7. The highest BCUT2D eigenvalue weighted by Crippen LogP contribution is 2.23. The van der Waals surface area contributed by atoms with Crippen molar-refractivity contribution in [1.29, 1.82) is 0 Å². The summed E-state index contributed by atoms with van der Waals surface area (Å²) in [6.07, 6.45) is 1.11. The van der Waals surface area contributed by atoms with Crippen LogP contribution in [0.25, 0.3) is 0 Å². The first-order chi connectivity index (χ1) is 9.69. The van der Waals surface area contributed by atoms with Gasteiger partial charge in [0.15, 0.2) is 0 Å². The van der Waals surface area contributed by atoms with Crippen LogP contribution in [0.2, 0.25) is 0 Å². The average molecular weight is 384 g/mol. The van der Waals surface area contributed by atoms with Gasteiger partial charge in [0.2, 0.25) is 5.88 Å². The van der Waals surface area contributed by atoms with Gasteiger partial charge in [-0.3, -0.25) is 5.32 Å². The van der Waals surface area contributed by atoms with Crippen molar-refractivity contribution in [2.75, 3.05) is 12.4 Å². The van der Waals surface area contributed by atoms with Gasteiger partial charge in [-0.2, -0.15) is 0 Å². The number of anilines is 1. The van der Waals surface area contributed by atoms with Crippen LogP contribution in [0, 0.1) is 3.57 Å². The molecule has 0 aliphatic rings. The van der Waals surface area contributed by atoms with Crippen LogP contribution in [-0.2, 0) is 11.3 Å². The van der Waals surface area contributed by atoms with Gasteiger partial charge in [0.05, 0.1) is 7.11 Å². The van der Waals surface area contributed by atoms with E-state index in [0.717, 1.165) is 9.13 Å². The highest BCUT2D eigenvalue weighted by molar-refractivity contribution is 14.1. The lowest BCUT2D eigenvalue weighted by Crippen LogP contribution is -2.14. The molecule has 0 fully saturated rings. The Morgan fingerprint density at radius 1 is 1.35 bits per heavy atom. The third-order valence-electron chi connectivity index (χ3n) is 2.46. The van der Waals surface area contributed by atoms with Crippen molar-refractivity contribution >= 4 is 34.4 Å². The molecule has 5 nitrogen and oxygen atoms in total. The molecule has 0 radical (unpaired) electrons. The van der Waals surface area contributed by atoms with Crippen molar-refractivity contribution < 1.29 is 14.3 Å². The molecule has 1 aromatic heterocycles. The standard InChI is InChI=1S/C14H13IN2O3/c1-19-13-12(7-11(15)8-16-13)17-14(18)20-9-10-5-3-2-4-6-10/h2-8H,9H2,1H3,(H,17,18). The van der Waals surface area contributed by atoms with Gasteiger partial charge in [-0.15, -0.1) is 0 Å². The molecule has 0 atom stereocenters. The van der Waals surface area contributed by atoms with Gasteiger partial charge in [0, 0.05) is 9.77 Å². The van der Waals surface area contributed by atoms with Crippen LogP contribution in [0.4, 0.5) is 10.5 Å². The summed E-state index contributed by atoms with van der Waals surface area (Å²) >= 11 is 2.11. The van der Waals surface area contributed by atoms with E-state index in [-0.39, 0.29) is 6.61 Å². The van der Waals surface area contributed by atoms with Gasteiger partial charge in [0.1, 0.15) is 12.3 Å². The zero-order chi connectivity index (χ0) is 14.4. The Balaban J connectivity index is 1.96. The molecular formula is C14H13IN2O3. The van der Waals surface area contributed by atoms with Crippen LogP contribution < -0.4 is 10.1 Å². The number of hydrogen-bond acceptors (Lipinski definition) is 4. The number of hydrogen-bond donors (Lipinski definition) is 1. The second-order valence-corrected chi connectivity index (χ2v) is 5.14. The van der Waals surface area contributed by atoms with Crippen LogP contribution in [0.1, 0.15) is 5.56 Å². The molecule has 0 unspecified atom stereocenters. The van der Waals surface area contributed by atoms with E-state index >= 15 is 0 Å². The lowest BCUT2D eigenvalue weighted by atomic mass is 10.2. The highest BCUT2D eigenvalue weighted by Gasteiger charge is 2.10. The van der Waals surface area contributed by atoms with E-state index < -0.39 is 6.09 Å². The number of carbonyl (C=O) groups excluding carboxylic acids is 1. The van der Waals surface area contributed by atoms with Crippen LogP contribution in [0.5, 0.6) is 5.88 Å². The van der Waals surface area contributed by atoms with Crippen molar-refractivity contribution in [3.05, 3.63) is 51.7 Å². The molecule has 0 aliphatic heterocycles. The molecule has 6 heteroatoms. The number of pyridine rings is 1. The SMILES string of the molecule is COc1ncc(I)cc1NC(=O)OCc1ccccc1. The Hall–Kier alpha value is -1.83. The van der Waals surface area contributed by atoms with Crippen LogP contribution >= 0.6 is 22.6 Å². The summed E-state index contributed by atoms with van der Waals surface area (Å²) < 4.78 is 11.1. The van der Waals surface area contributed by atoms with Crippen molar-refractivity contribution in [2.45, 2.75) is 6.61 Å². The molecule has 0 saturated heterocycles. The number of halogens is 1. The first-order valence-electron chi connectivity index (χ1n) is 5.86. The first-order valence-corrected chi connectivity index (χ1v) is 6.94. The Labute approximate surface area is 130 Å². The minimum absolute atomic E-state index is 0.215. The summed E-state index contributed by atoms with van der Waals surface area (Å²) in [5, 5.41) is 2.62. The monoisotopic (exact) mass is 384 g/mol. The van der Waals surface area contributed by atoms with Gasteiger partial charge in [0.25, 0.3) is 0 Å². The van der Waals surface area contributed by atoms with Crippen molar-refractivity contribution in [1.82, 2.24) is 4.98 Å². The minimum atomic E-state index is -0.545. The zero-order valence-corrected chi connectivity index (χ0v) is 13.0. The molecule has 2 rings (SSSR count). The molecule has 104 valence electrons. The predicted molar refractivity (Wildman–Crippen MR) is 83.8 cm³/mol. The Morgan fingerprint density at radius 3 is 2.80 bits per heavy atom. The van der Waals surface area contributed by atoms with Gasteiger partial charge in [-0.25, -0.2) is 9.78 Å². The summed E-state index contributed by atoms with van der Waals surface area (Å²) in [5.41, 5.74) is 1.41. The second kappa shape index (κ2) is 7.09. The van der Waals surface area contributed by atoms with Gasteiger partial charge >= 0.3 is 6.09 Å². The summed E-state index contributed by atoms with van der Waals surface area (Å²) in [4.78, 5) is 15.8. The van der Waals surface area contributed by atoms with Crippen molar-refractivity contribution in [3.8, 4) is 5.88 Å². The molecular weight excluding hydrogens is 371 g/mol. The number of carbonyl (C=O) groups is 1. The summed E-state index contributed by atoms with van der Waals surface area (Å²) in [5.74, 6) is 0.349. The quantitative estimate of drug-likeness (QED) is 0.821. The number of ether oxygens (including phenoxy) is 2. The molecule has 1 N–H and O–H groups in total. The number of nitrogens with zero attached hydrogens (tertiary/aromatic N) is 1. The molecule has 2 aromatic rings. The van der Waals surface area contributed by atoms with Crippen LogP contribution in [0.15, 0.2) is 42.6 Å². The zero-order valence-electron chi connectivity index (χ0n) is 10.8. The third kappa shape index (κ3) is 4.09. The number of methoxy groups -OCH3 is 1. The van der Waals surface area contributed by atoms with E-state index in [1.165, 1.54) is 7.11 Å². The van der Waals surface area contributed by atoms with E-state index in [1.54, 1.807) is 12.3 Å². The number of benzene rings is 1. The largest absolute Gasteiger partial charge is 0.480 e. The number of amides is 1. The van der Waals surface area contributed by atoms with Crippen molar-refractivity contribution in [2.24, 2.45) is 0 Å².